The Bertz CT molecular complexity index is 685. The van der Waals surface area contributed by atoms with Crippen molar-refractivity contribution in [2.24, 2.45) is 4.99 Å². The number of terminal acetylenes is 1. The minimum Gasteiger partial charge on any atom is -0.444 e. The molecule has 5 nitrogen and oxygen atoms in total. The standard InChI is InChI=1S/C17H19FN4O/c1-3-10-20-17(19-4-2)21-11-9-15-12-23-16(22-15)13-5-7-14(18)8-6-13/h1,5-8,12H,4,9-11H2,2H3,(H2,19,20,21). The molecule has 0 bridgehead atoms. The molecular formula is C17H19FN4O. The number of benzene rings is 1. The minimum absolute atomic E-state index is 0.287. The van der Waals surface area contributed by atoms with Gasteiger partial charge in [-0.3, -0.25) is 4.99 Å². The zero-order valence-electron chi connectivity index (χ0n) is 13.0. The number of aliphatic imine (C=N–C) groups is 1. The van der Waals surface area contributed by atoms with Crippen LogP contribution in [0.1, 0.15) is 12.6 Å². The first-order valence-corrected chi connectivity index (χ1v) is 7.39. The molecule has 0 saturated carbocycles. The third-order valence-electron chi connectivity index (χ3n) is 2.98. The maximum absolute atomic E-state index is 12.9. The van der Waals surface area contributed by atoms with E-state index in [2.05, 4.69) is 26.5 Å². The number of hydrogen-bond donors (Lipinski definition) is 2. The van der Waals surface area contributed by atoms with Crippen molar-refractivity contribution in [3.63, 3.8) is 0 Å². The number of nitrogens with one attached hydrogen (secondary N) is 2. The number of rotatable bonds is 6. The highest BCUT2D eigenvalue weighted by atomic mass is 19.1. The van der Waals surface area contributed by atoms with E-state index in [0.717, 1.165) is 17.8 Å². The van der Waals surface area contributed by atoms with Gasteiger partial charge < -0.3 is 15.1 Å². The van der Waals surface area contributed by atoms with E-state index in [-0.39, 0.29) is 5.82 Å². The molecule has 0 fully saturated rings. The van der Waals surface area contributed by atoms with Crippen LogP contribution in [0.25, 0.3) is 11.5 Å². The van der Waals surface area contributed by atoms with Crippen LogP contribution in [0.15, 0.2) is 39.9 Å². The second-order valence-electron chi connectivity index (χ2n) is 4.72. The van der Waals surface area contributed by atoms with Crippen LogP contribution in [0.5, 0.6) is 0 Å². The molecule has 0 radical (unpaired) electrons. The van der Waals surface area contributed by atoms with Gasteiger partial charge in [0, 0.05) is 25.1 Å². The summed E-state index contributed by atoms with van der Waals surface area (Å²) < 4.78 is 18.3. The smallest absolute Gasteiger partial charge is 0.226 e. The molecule has 23 heavy (non-hydrogen) atoms. The topological polar surface area (TPSA) is 62.5 Å². The molecule has 0 atom stereocenters. The summed E-state index contributed by atoms with van der Waals surface area (Å²) in [7, 11) is 0. The van der Waals surface area contributed by atoms with Crippen molar-refractivity contribution in [3.8, 4) is 23.8 Å². The number of aromatic nitrogens is 1. The Morgan fingerprint density at radius 2 is 2.13 bits per heavy atom. The maximum Gasteiger partial charge on any atom is 0.226 e. The van der Waals surface area contributed by atoms with Gasteiger partial charge in [0.1, 0.15) is 12.1 Å². The number of oxazole rings is 1. The average Bonchev–Trinajstić information content (AvgIpc) is 3.02. The Morgan fingerprint density at radius 3 is 2.83 bits per heavy atom. The Hall–Kier alpha value is -2.81. The Morgan fingerprint density at radius 1 is 1.35 bits per heavy atom. The predicted molar refractivity (Wildman–Crippen MR) is 88.4 cm³/mol. The molecule has 0 aliphatic rings. The molecule has 6 heteroatoms. The lowest BCUT2D eigenvalue weighted by atomic mass is 10.2. The van der Waals surface area contributed by atoms with Crippen LogP contribution < -0.4 is 10.6 Å². The van der Waals surface area contributed by atoms with Gasteiger partial charge in [0.2, 0.25) is 5.89 Å². The van der Waals surface area contributed by atoms with Gasteiger partial charge in [-0.15, -0.1) is 6.42 Å². The number of nitrogens with zero attached hydrogens (tertiary/aromatic N) is 2. The molecule has 1 heterocycles. The van der Waals surface area contributed by atoms with Gasteiger partial charge in [-0.1, -0.05) is 5.92 Å². The molecule has 120 valence electrons. The van der Waals surface area contributed by atoms with Crippen molar-refractivity contribution < 1.29 is 8.81 Å². The summed E-state index contributed by atoms with van der Waals surface area (Å²) in [6.07, 6.45) is 7.45. The summed E-state index contributed by atoms with van der Waals surface area (Å²) in [5, 5.41) is 6.12. The lowest BCUT2D eigenvalue weighted by Crippen LogP contribution is -2.37. The molecule has 0 aliphatic carbocycles. The molecule has 2 N–H and O–H groups in total. The largest absolute Gasteiger partial charge is 0.444 e. The van der Waals surface area contributed by atoms with Crippen LogP contribution in [0, 0.1) is 18.2 Å². The molecule has 0 aliphatic heterocycles. The lowest BCUT2D eigenvalue weighted by molar-refractivity contribution is 0.572. The van der Waals surface area contributed by atoms with Crippen molar-refractivity contribution in [1.29, 1.82) is 0 Å². The Balaban J connectivity index is 1.93. The van der Waals surface area contributed by atoms with E-state index in [0.29, 0.717) is 31.4 Å². The fraction of sp³-hybridized carbons (Fsp3) is 0.294. The maximum atomic E-state index is 12.9. The predicted octanol–water partition coefficient (Wildman–Crippen LogP) is 2.21. The van der Waals surface area contributed by atoms with Crippen molar-refractivity contribution >= 4 is 5.96 Å². The fourth-order valence-corrected chi connectivity index (χ4v) is 1.91. The van der Waals surface area contributed by atoms with Gasteiger partial charge in [0.05, 0.1) is 12.2 Å². The first-order valence-electron chi connectivity index (χ1n) is 7.39. The summed E-state index contributed by atoms with van der Waals surface area (Å²) >= 11 is 0. The van der Waals surface area contributed by atoms with E-state index in [1.807, 2.05) is 6.92 Å². The number of guanidine groups is 1. The Kier molecular flexibility index (Phi) is 6.18. The summed E-state index contributed by atoms with van der Waals surface area (Å²) in [4.78, 5) is 8.79. The quantitative estimate of drug-likeness (QED) is 0.487. The number of halogens is 1. The molecule has 1 aromatic heterocycles. The van der Waals surface area contributed by atoms with Crippen LogP contribution in [-0.2, 0) is 6.42 Å². The highest BCUT2D eigenvalue weighted by molar-refractivity contribution is 5.79. The van der Waals surface area contributed by atoms with Crippen molar-refractivity contribution in [2.75, 3.05) is 19.6 Å². The first kappa shape index (κ1) is 16.6. The van der Waals surface area contributed by atoms with Crippen LogP contribution in [-0.4, -0.2) is 30.6 Å². The molecule has 0 amide bonds. The monoisotopic (exact) mass is 314 g/mol. The normalized spacial score (nSPS) is 11.1. The van der Waals surface area contributed by atoms with Crippen LogP contribution >= 0.6 is 0 Å². The van der Waals surface area contributed by atoms with E-state index >= 15 is 0 Å². The van der Waals surface area contributed by atoms with Crippen LogP contribution in [0.3, 0.4) is 0 Å². The van der Waals surface area contributed by atoms with E-state index in [1.54, 1.807) is 18.4 Å². The summed E-state index contributed by atoms with van der Waals surface area (Å²) in [6, 6.07) is 6.03. The van der Waals surface area contributed by atoms with E-state index < -0.39 is 0 Å². The zero-order valence-corrected chi connectivity index (χ0v) is 13.0. The molecular weight excluding hydrogens is 295 g/mol. The van der Waals surface area contributed by atoms with Crippen molar-refractivity contribution in [3.05, 3.63) is 42.0 Å². The number of hydrogen-bond acceptors (Lipinski definition) is 3. The first-order chi connectivity index (χ1) is 11.2. The summed E-state index contributed by atoms with van der Waals surface area (Å²) in [6.45, 7) is 3.72. The second kappa shape index (κ2) is 8.59. The minimum atomic E-state index is -0.287. The van der Waals surface area contributed by atoms with Gasteiger partial charge in [0.15, 0.2) is 5.96 Å². The molecule has 1 aromatic carbocycles. The molecule has 2 aromatic rings. The second-order valence-corrected chi connectivity index (χ2v) is 4.72. The highest BCUT2D eigenvalue weighted by Crippen LogP contribution is 2.19. The average molecular weight is 314 g/mol. The van der Waals surface area contributed by atoms with Gasteiger partial charge >= 0.3 is 0 Å². The van der Waals surface area contributed by atoms with E-state index in [4.69, 9.17) is 10.8 Å². The van der Waals surface area contributed by atoms with Gasteiger partial charge in [-0.05, 0) is 31.2 Å². The van der Waals surface area contributed by atoms with Crippen LogP contribution in [0.2, 0.25) is 0 Å². The molecule has 0 saturated heterocycles. The fourth-order valence-electron chi connectivity index (χ4n) is 1.91. The third kappa shape index (κ3) is 5.15. The van der Waals surface area contributed by atoms with Crippen molar-refractivity contribution in [2.45, 2.75) is 13.3 Å². The van der Waals surface area contributed by atoms with Crippen LogP contribution in [0.4, 0.5) is 4.39 Å². The SMILES string of the molecule is C#CCNC(=NCCc1coc(-c2ccc(F)cc2)n1)NCC. The highest BCUT2D eigenvalue weighted by Gasteiger charge is 2.06. The lowest BCUT2D eigenvalue weighted by Gasteiger charge is -2.08. The Labute approximate surface area is 135 Å². The van der Waals surface area contributed by atoms with E-state index in [1.165, 1.54) is 12.1 Å². The van der Waals surface area contributed by atoms with Gasteiger partial charge in [0.25, 0.3) is 0 Å². The van der Waals surface area contributed by atoms with E-state index in [9.17, 15) is 4.39 Å². The zero-order chi connectivity index (χ0) is 16.5. The molecule has 0 unspecified atom stereocenters. The summed E-state index contributed by atoms with van der Waals surface area (Å²) in [5.41, 5.74) is 1.53. The summed E-state index contributed by atoms with van der Waals surface area (Å²) in [5.74, 6) is 3.36. The molecule has 2 rings (SSSR count). The van der Waals surface area contributed by atoms with Gasteiger partial charge in [-0.25, -0.2) is 9.37 Å². The van der Waals surface area contributed by atoms with Gasteiger partial charge in [-0.2, -0.15) is 0 Å². The van der Waals surface area contributed by atoms with Crippen molar-refractivity contribution in [1.82, 2.24) is 15.6 Å². The molecule has 0 spiro atoms. The third-order valence-corrected chi connectivity index (χ3v) is 2.98.